The molecule has 0 radical (unpaired) electrons. The summed E-state index contributed by atoms with van der Waals surface area (Å²) < 4.78 is 5.79. The summed E-state index contributed by atoms with van der Waals surface area (Å²) in [5, 5.41) is 15.3. The highest BCUT2D eigenvalue weighted by Gasteiger charge is 2.20. The number of non-ortho nitro benzene ring substituents is 1. The number of hydrogen-bond acceptors (Lipinski definition) is 9. The van der Waals surface area contributed by atoms with Crippen LogP contribution in [0, 0.1) is 10.1 Å². The first kappa shape index (κ1) is 20.9. The molecule has 0 saturated carbocycles. The van der Waals surface area contributed by atoms with Crippen molar-refractivity contribution in [2.24, 2.45) is 5.10 Å². The average molecular weight is 447 g/mol. The molecule has 0 aliphatic carbocycles. The van der Waals surface area contributed by atoms with Gasteiger partial charge in [0, 0.05) is 49.9 Å². The highest BCUT2D eigenvalue weighted by Crippen LogP contribution is 2.27. The summed E-state index contributed by atoms with van der Waals surface area (Å²) in [5.74, 6) is 3.36. The number of hydrogen-bond donors (Lipinski definition) is 1. The third kappa shape index (κ3) is 4.79. The summed E-state index contributed by atoms with van der Waals surface area (Å²) >= 11 is 0. The lowest BCUT2D eigenvalue weighted by atomic mass is 10.1. The SMILES string of the molecule is O=[N+]([O-])c1cccc(-c2ccc(C=NNc3cc(N4CCCC4)nc(N4CCCC4)n3)o2)c1. The molecule has 0 bridgehead atoms. The van der Waals surface area contributed by atoms with Crippen molar-refractivity contribution in [1.82, 2.24) is 9.97 Å². The van der Waals surface area contributed by atoms with Gasteiger partial charge >= 0.3 is 0 Å². The summed E-state index contributed by atoms with van der Waals surface area (Å²) in [4.78, 5) is 24.6. The Morgan fingerprint density at radius 2 is 1.76 bits per heavy atom. The minimum atomic E-state index is -0.423. The Morgan fingerprint density at radius 1 is 1.00 bits per heavy atom. The minimum absolute atomic E-state index is 0.0205. The van der Waals surface area contributed by atoms with Crippen molar-refractivity contribution < 1.29 is 9.34 Å². The van der Waals surface area contributed by atoms with E-state index < -0.39 is 4.92 Å². The van der Waals surface area contributed by atoms with Crippen molar-refractivity contribution in [1.29, 1.82) is 0 Å². The molecule has 2 aromatic heterocycles. The van der Waals surface area contributed by atoms with Gasteiger partial charge in [-0.3, -0.25) is 15.5 Å². The number of aromatic nitrogens is 2. The average Bonchev–Trinajstić information content (AvgIpc) is 3.62. The number of anilines is 3. The van der Waals surface area contributed by atoms with Gasteiger partial charge in [0.05, 0.1) is 11.1 Å². The van der Waals surface area contributed by atoms with Crippen LogP contribution in [0.2, 0.25) is 0 Å². The molecular weight excluding hydrogens is 422 g/mol. The van der Waals surface area contributed by atoms with Crippen molar-refractivity contribution >= 4 is 29.5 Å². The summed E-state index contributed by atoms with van der Waals surface area (Å²) in [7, 11) is 0. The normalized spacial score (nSPS) is 16.1. The van der Waals surface area contributed by atoms with Gasteiger partial charge in [-0.1, -0.05) is 12.1 Å². The largest absolute Gasteiger partial charge is 0.455 e. The standard InChI is InChI=1S/C23H25N7O3/c31-30(32)18-7-5-6-17(14-18)20-9-8-19(33-20)16-24-27-21-15-22(28-10-1-2-11-28)26-23(25-21)29-12-3-4-13-29/h5-9,14-16H,1-4,10-13H2,(H,25,26,27). The molecule has 1 N–H and O–H groups in total. The first-order chi connectivity index (χ1) is 16.2. The Kier molecular flexibility index (Phi) is 5.88. The van der Waals surface area contributed by atoms with E-state index in [1.165, 1.54) is 25.0 Å². The molecule has 0 spiro atoms. The lowest BCUT2D eigenvalue weighted by Gasteiger charge is -2.21. The molecule has 0 amide bonds. The molecule has 2 fully saturated rings. The first-order valence-electron chi connectivity index (χ1n) is 11.2. The Hall–Kier alpha value is -3.95. The van der Waals surface area contributed by atoms with Crippen molar-refractivity contribution in [2.45, 2.75) is 25.7 Å². The van der Waals surface area contributed by atoms with E-state index in [9.17, 15) is 10.1 Å². The van der Waals surface area contributed by atoms with Crippen LogP contribution in [0.3, 0.4) is 0 Å². The topological polar surface area (TPSA) is 113 Å². The van der Waals surface area contributed by atoms with Gasteiger partial charge in [-0.05, 0) is 37.8 Å². The van der Waals surface area contributed by atoms with Crippen molar-refractivity contribution in [2.75, 3.05) is 41.4 Å². The highest BCUT2D eigenvalue weighted by atomic mass is 16.6. The lowest BCUT2D eigenvalue weighted by Crippen LogP contribution is -2.24. The number of nitrogens with one attached hydrogen (secondary N) is 1. The molecule has 170 valence electrons. The Balaban J connectivity index is 1.32. The Bertz CT molecular complexity index is 1130. The molecule has 2 aliphatic rings. The van der Waals surface area contributed by atoms with Gasteiger partial charge in [-0.2, -0.15) is 15.1 Å². The molecular formula is C23H25N7O3. The van der Waals surface area contributed by atoms with Gasteiger partial charge in [0.15, 0.2) is 5.82 Å². The molecule has 2 aliphatic heterocycles. The zero-order valence-corrected chi connectivity index (χ0v) is 18.2. The van der Waals surface area contributed by atoms with E-state index in [0.717, 1.165) is 50.8 Å². The zero-order valence-electron chi connectivity index (χ0n) is 18.2. The fourth-order valence-electron chi connectivity index (χ4n) is 4.16. The molecule has 3 aromatic rings. The van der Waals surface area contributed by atoms with Gasteiger partial charge in [-0.15, -0.1) is 0 Å². The van der Waals surface area contributed by atoms with Gasteiger partial charge in [0.2, 0.25) is 5.95 Å². The van der Waals surface area contributed by atoms with Gasteiger partial charge in [0.1, 0.15) is 17.3 Å². The number of nitro groups is 1. The van der Waals surface area contributed by atoms with Crippen molar-refractivity contribution in [3.8, 4) is 11.3 Å². The van der Waals surface area contributed by atoms with E-state index in [4.69, 9.17) is 9.40 Å². The molecule has 33 heavy (non-hydrogen) atoms. The van der Waals surface area contributed by atoms with E-state index in [1.54, 1.807) is 30.5 Å². The van der Waals surface area contributed by atoms with Crippen LogP contribution >= 0.6 is 0 Å². The maximum absolute atomic E-state index is 11.0. The van der Waals surface area contributed by atoms with E-state index in [1.807, 2.05) is 6.07 Å². The monoisotopic (exact) mass is 447 g/mol. The summed E-state index contributed by atoms with van der Waals surface area (Å²) in [6, 6.07) is 11.8. The minimum Gasteiger partial charge on any atom is -0.455 e. The van der Waals surface area contributed by atoms with Gasteiger partial charge in [-0.25, -0.2) is 0 Å². The summed E-state index contributed by atoms with van der Waals surface area (Å²) in [6.45, 7) is 3.95. The molecule has 10 nitrogen and oxygen atoms in total. The molecule has 1 aromatic carbocycles. The predicted octanol–water partition coefficient (Wildman–Crippen LogP) is 4.29. The van der Waals surface area contributed by atoms with Crippen LogP contribution in [0.15, 0.2) is 52.0 Å². The number of rotatable bonds is 7. The second-order valence-corrected chi connectivity index (χ2v) is 8.18. The number of nitrogens with zero attached hydrogens (tertiary/aromatic N) is 6. The van der Waals surface area contributed by atoms with Gasteiger partial charge < -0.3 is 14.2 Å². The van der Waals surface area contributed by atoms with Crippen LogP contribution in [0.1, 0.15) is 31.4 Å². The second-order valence-electron chi connectivity index (χ2n) is 8.18. The van der Waals surface area contributed by atoms with E-state index in [2.05, 4.69) is 25.3 Å². The number of nitro benzene ring substituents is 1. The molecule has 0 unspecified atom stereocenters. The zero-order chi connectivity index (χ0) is 22.6. The maximum Gasteiger partial charge on any atom is 0.270 e. The van der Waals surface area contributed by atoms with Crippen LogP contribution in [-0.4, -0.2) is 47.3 Å². The molecule has 4 heterocycles. The quantitative estimate of drug-likeness (QED) is 0.324. The van der Waals surface area contributed by atoms with E-state index >= 15 is 0 Å². The van der Waals surface area contributed by atoms with Crippen LogP contribution in [0.5, 0.6) is 0 Å². The second kappa shape index (κ2) is 9.27. The third-order valence-electron chi connectivity index (χ3n) is 5.86. The molecule has 0 atom stereocenters. The number of hydrazone groups is 1. The third-order valence-corrected chi connectivity index (χ3v) is 5.86. The molecule has 10 heteroatoms. The van der Waals surface area contributed by atoms with Crippen LogP contribution in [-0.2, 0) is 0 Å². The van der Waals surface area contributed by atoms with Crippen molar-refractivity contribution in [3.63, 3.8) is 0 Å². The van der Waals surface area contributed by atoms with Crippen molar-refractivity contribution in [3.05, 3.63) is 58.3 Å². The number of benzene rings is 1. The molecule has 2 saturated heterocycles. The van der Waals surface area contributed by atoms with Gasteiger partial charge in [0.25, 0.3) is 5.69 Å². The smallest absolute Gasteiger partial charge is 0.270 e. The number of furan rings is 1. The predicted molar refractivity (Wildman–Crippen MR) is 127 cm³/mol. The Labute approximate surface area is 191 Å². The lowest BCUT2D eigenvalue weighted by molar-refractivity contribution is -0.384. The van der Waals surface area contributed by atoms with E-state index in [-0.39, 0.29) is 5.69 Å². The van der Waals surface area contributed by atoms with Crippen LogP contribution in [0.4, 0.5) is 23.3 Å². The Morgan fingerprint density at radius 3 is 2.52 bits per heavy atom. The fourth-order valence-corrected chi connectivity index (χ4v) is 4.16. The highest BCUT2D eigenvalue weighted by molar-refractivity contribution is 5.78. The summed E-state index contributed by atoms with van der Waals surface area (Å²) in [5.41, 5.74) is 3.67. The molecule has 5 rings (SSSR count). The maximum atomic E-state index is 11.0. The first-order valence-corrected chi connectivity index (χ1v) is 11.2. The van der Waals surface area contributed by atoms with Crippen LogP contribution < -0.4 is 15.2 Å². The fraction of sp³-hybridized carbons (Fsp3) is 0.348. The van der Waals surface area contributed by atoms with E-state index in [0.29, 0.717) is 22.9 Å². The van der Waals surface area contributed by atoms with Crippen LogP contribution in [0.25, 0.3) is 11.3 Å². The summed E-state index contributed by atoms with van der Waals surface area (Å²) in [6.07, 6.45) is 6.23.